The Hall–Kier alpha value is -3.02. The van der Waals surface area contributed by atoms with Gasteiger partial charge < -0.3 is 33.9 Å². The van der Waals surface area contributed by atoms with Gasteiger partial charge in [-0.3, -0.25) is 0 Å². The van der Waals surface area contributed by atoms with Gasteiger partial charge in [0.05, 0.1) is 73.2 Å². The van der Waals surface area contributed by atoms with Gasteiger partial charge in [-0.25, -0.2) is 4.68 Å². The van der Waals surface area contributed by atoms with E-state index in [0.29, 0.717) is 74.5 Å². The summed E-state index contributed by atoms with van der Waals surface area (Å²) in [6, 6.07) is 14.4. The molecule has 0 aliphatic carbocycles. The van der Waals surface area contributed by atoms with Crippen LogP contribution in [0.3, 0.4) is 0 Å². The third-order valence-electron chi connectivity index (χ3n) is 5.37. The predicted octanol–water partition coefficient (Wildman–Crippen LogP) is 1.62. The highest BCUT2D eigenvalue weighted by atomic mass is 16.5. The average molecular weight is 488 g/mol. The molecular weight excluding hydrogens is 454 g/mol. The summed E-state index contributed by atoms with van der Waals surface area (Å²) in [5.74, 6) is 1.38. The van der Waals surface area contributed by atoms with Crippen LogP contribution in [0.5, 0.6) is 11.5 Å². The van der Waals surface area contributed by atoms with Crippen molar-refractivity contribution in [3.63, 3.8) is 0 Å². The highest BCUT2D eigenvalue weighted by molar-refractivity contribution is 5.46. The van der Waals surface area contributed by atoms with Gasteiger partial charge in [0.25, 0.3) is 0 Å². The number of aliphatic hydroxyl groups is 2. The maximum Gasteiger partial charge on any atom is 0.160 e. The smallest absolute Gasteiger partial charge is 0.160 e. The molecule has 2 N–H and O–H groups in total. The number of benzene rings is 2. The molecule has 35 heavy (non-hydrogen) atoms. The molecule has 0 saturated heterocycles. The van der Waals surface area contributed by atoms with Crippen molar-refractivity contribution in [2.24, 2.45) is 0 Å². The first kappa shape index (κ1) is 26.6. The minimum atomic E-state index is -1.52. The zero-order valence-corrected chi connectivity index (χ0v) is 20.1. The molecule has 10 nitrogen and oxygen atoms in total. The molecule has 0 radical (unpaired) electrons. The van der Waals surface area contributed by atoms with Crippen LogP contribution in [0.1, 0.15) is 16.8 Å². The van der Waals surface area contributed by atoms with Crippen molar-refractivity contribution in [3.05, 3.63) is 71.5 Å². The molecule has 0 aliphatic rings. The fourth-order valence-corrected chi connectivity index (χ4v) is 3.46. The normalized spacial score (nSPS) is 11.5. The van der Waals surface area contributed by atoms with Crippen molar-refractivity contribution < 1.29 is 33.9 Å². The number of aliphatic hydroxyl groups excluding tert-OH is 1. The number of aromatic nitrogens is 3. The molecule has 1 aromatic heterocycles. The van der Waals surface area contributed by atoms with E-state index in [9.17, 15) is 5.11 Å². The largest absolute Gasteiger partial charge is 0.497 e. The minimum Gasteiger partial charge on any atom is -0.497 e. The van der Waals surface area contributed by atoms with Crippen LogP contribution in [0, 0.1) is 0 Å². The molecule has 0 unspecified atom stereocenters. The van der Waals surface area contributed by atoms with Crippen molar-refractivity contribution in [1.82, 2.24) is 15.0 Å². The lowest BCUT2D eigenvalue weighted by Crippen LogP contribution is -2.29. The lowest BCUT2D eigenvalue weighted by Gasteiger charge is -2.27. The van der Waals surface area contributed by atoms with Gasteiger partial charge in [0.1, 0.15) is 17.2 Å². The first-order chi connectivity index (χ1) is 17.1. The number of hydrogen-bond donors (Lipinski definition) is 2. The lowest BCUT2D eigenvalue weighted by atomic mass is 9.84. The van der Waals surface area contributed by atoms with Gasteiger partial charge in [0.2, 0.25) is 0 Å². The van der Waals surface area contributed by atoms with Gasteiger partial charge in [-0.05, 0) is 35.4 Å². The lowest BCUT2D eigenvalue weighted by molar-refractivity contribution is 0.00627. The van der Waals surface area contributed by atoms with Gasteiger partial charge in [0, 0.05) is 0 Å². The van der Waals surface area contributed by atoms with Gasteiger partial charge in [0.15, 0.2) is 5.60 Å². The van der Waals surface area contributed by atoms with Crippen LogP contribution in [0.2, 0.25) is 0 Å². The Bertz CT molecular complexity index is 946. The van der Waals surface area contributed by atoms with Crippen molar-refractivity contribution in [2.45, 2.75) is 12.1 Å². The summed E-state index contributed by atoms with van der Waals surface area (Å²) in [4.78, 5) is 0. The molecule has 3 rings (SSSR count). The van der Waals surface area contributed by atoms with E-state index in [1.54, 1.807) is 73.6 Å². The summed E-state index contributed by atoms with van der Waals surface area (Å²) in [5, 5.41) is 29.0. The van der Waals surface area contributed by atoms with Gasteiger partial charge >= 0.3 is 0 Å². The fraction of sp³-hybridized carbons (Fsp3) is 0.440. The first-order valence-electron chi connectivity index (χ1n) is 11.4. The van der Waals surface area contributed by atoms with Crippen LogP contribution in [-0.2, 0) is 26.4 Å². The monoisotopic (exact) mass is 487 g/mol. The molecule has 0 atom stereocenters. The van der Waals surface area contributed by atoms with Crippen LogP contribution in [0.4, 0.5) is 0 Å². The van der Waals surface area contributed by atoms with Crippen molar-refractivity contribution >= 4 is 0 Å². The number of hydrogen-bond acceptors (Lipinski definition) is 9. The zero-order chi connectivity index (χ0) is 24.9. The van der Waals surface area contributed by atoms with Gasteiger partial charge in [-0.15, -0.1) is 5.10 Å². The number of rotatable bonds is 16. The first-order valence-corrected chi connectivity index (χ1v) is 11.4. The molecular formula is C25H33N3O7. The molecule has 0 bridgehead atoms. The van der Waals surface area contributed by atoms with Crippen molar-refractivity contribution in [3.8, 4) is 11.5 Å². The molecule has 10 heteroatoms. The Morgan fingerprint density at radius 3 is 1.71 bits per heavy atom. The van der Waals surface area contributed by atoms with Crippen LogP contribution in [0.15, 0.2) is 54.7 Å². The fourth-order valence-electron chi connectivity index (χ4n) is 3.46. The predicted molar refractivity (Wildman–Crippen MR) is 128 cm³/mol. The van der Waals surface area contributed by atoms with E-state index in [4.69, 9.17) is 28.8 Å². The molecule has 0 spiro atoms. The minimum absolute atomic E-state index is 0.00467. The van der Waals surface area contributed by atoms with Gasteiger partial charge in [-0.2, -0.15) is 0 Å². The molecule has 190 valence electrons. The van der Waals surface area contributed by atoms with E-state index in [2.05, 4.69) is 10.3 Å². The third kappa shape index (κ3) is 7.23. The molecule has 1 heterocycles. The molecule has 2 aromatic carbocycles. The molecule has 0 aliphatic heterocycles. The summed E-state index contributed by atoms with van der Waals surface area (Å²) in [6.07, 6.45) is 1.72. The summed E-state index contributed by atoms with van der Waals surface area (Å²) in [7, 11) is 3.19. The second-order valence-corrected chi connectivity index (χ2v) is 7.59. The Kier molecular flexibility index (Phi) is 10.5. The Morgan fingerprint density at radius 2 is 1.23 bits per heavy atom. The van der Waals surface area contributed by atoms with E-state index in [1.165, 1.54) is 0 Å². The van der Waals surface area contributed by atoms with E-state index in [0.717, 1.165) is 0 Å². The highest BCUT2D eigenvalue weighted by Crippen LogP contribution is 2.36. The Morgan fingerprint density at radius 1 is 0.743 bits per heavy atom. The van der Waals surface area contributed by atoms with Crippen LogP contribution in [0.25, 0.3) is 0 Å². The quantitative estimate of drug-likeness (QED) is 0.291. The highest BCUT2D eigenvalue weighted by Gasteiger charge is 2.37. The Labute approximate surface area is 205 Å². The van der Waals surface area contributed by atoms with E-state index < -0.39 is 5.60 Å². The maximum absolute atomic E-state index is 11.9. The molecule has 3 aromatic rings. The maximum atomic E-state index is 11.9. The van der Waals surface area contributed by atoms with Crippen LogP contribution >= 0.6 is 0 Å². The number of methoxy groups -OCH3 is 2. The molecule has 0 fully saturated rings. The van der Waals surface area contributed by atoms with Crippen molar-refractivity contribution in [1.29, 1.82) is 0 Å². The molecule has 0 amide bonds. The number of ether oxygens (including phenoxy) is 5. The standard InChI is InChI=1S/C25H33N3O7/c1-31-22-7-3-20(4-8-22)25(30,21-5-9-23(32-2)10-6-21)24-19-28(27-26-24)11-13-33-15-17-35-18-16-34-14-12-29/h3-10,19,29-30H,11-18H2,1-2H3. The van der Waals surface area contributed by atoms with Crippen LogP contribution < -0.4 is 9.47 Å². The summed E-state index contributed by atoms with van der Waals surface area (Å²) < 4.78 is 28.3. The van der Waals surface area contributed by atoms with E-state index in [1.807, 2.05) is 0 Å². The summed E-state index contributed by atoms with van der Waals surface area (Å²) >= 11 is 0. The van der Waals surface area contributed by atoms with Crippen LogP contribution in [-0.4, -0.2) is 85.7 Å². The number of nitrogens with zero attached hydrogens (tertiary/aromatic N) is 3. The second-order valence-electron chi connectivity index (χ2n) is 7.59. The Balaban J connectivity index is 1.63. The third-order valence-corrected chi connectivity index (χ3v) is 5.37. The average Bonchev–Trinajstić information content (AvgIpc) is 3.39. The second kappa shape index (κ2) is 13.8. The summed E-state index contributed by atoms with van der Waals surface area (Å²) in [5.41, 5.74) is 0.127. The zero-order valence-electron chi connectivity index (χ0n) is 20.1. The molecule has 0 saturated carbocycles. The van der Waals surface area contributed by atoms with E-state index in [-0.39, 0.29) is 6.61 Å². The van der Waals surface area contributed by atoms with Crippen molar-refractivity contribution in [2.75, 3.05) is 60.5 Å². The van der Waals surface area contributed by atoms with Gasteiger partial charge in [-0.1, -0.05) is 29.5 Å². The van der Waals surface area contributed by atoms with E-state index >= 15 is 0 Å². The topological polar surface area (TPSA) is 117 Å². The summed E-state index contributed by atoms with van der Waals surface area (Å²) in [6.45, 7) is 2.96. The SMILES string of the molecule is COc1ccc(C(O)(c2ccc(OC)cc2)c2cn(CCOCCOCCOCCO)nn2)cc1.